The van der Waals surface area contributed by atoms with Gasteiger partial charge in [-0.05, 0) is 18.8 Å². The van der Waals surface area contributed by atoms with Gasteiger partial charge >= 0.3 is 0 Å². The van der Waals surface area contributed by atoms with Crippen LogP contribution in [0.15, 0.2) is 0 Å². The number of piperidine rings is 1. The number of hydrogen-bond acceptors (Lipinski definition) is 5. The van der Waals surface area contributed by atoms with Crippen molar-refractivity contribution in [2.24, 2.45) is 5.92 Å². The number of Topliss-reactive ketones (excluding diaryl/α,β-unsaturated/α-hetero) is 1. The van der Waals surface area contributed by atoms with Gasteiger partial charge in [-0.25, -0.2) is 0 Å². The van der Waals surface area contributed by atoms with Crippen LogP contribution in [0.25, 0.3) is 0 Å². The maximum absolute atomic E-state index is 12.0. The lowest BCUT2D eigenvalue weighted by Gasteiger charge is -2.32. The zero-order valence-electron chi connectivity index (χ0n) is 12.6. The Hall–Kier alpha value is -1.23. The van der Waals surface area contributed by atoms with E-state index in [2.05, 4.69) is 11.8 Å². The molecule has 0 aromatic carbocycles. The molecule has 0 bridgehead atoms. The van der Waals surface area contributed by atoms with Crippen LogP contribution in [0.5, 0.6) is 5.75 Å². The number of thiophene rings is 1. The lowest BCUT2D eigenvalue weighted by atomic mass is 9.94. The van der Waals surface area contributed by atoms with Crippen LogP contribution in [0.4, 0.5) is 10.7 Å². The summed E-state index contributed by atoms with van der Waals surface area (Å²) in [6.45, 7) is 6.16. The van der Waals surface area contributed by atoms with E-state index in [4.69, 9.17) is 10.5 Å². The molecule has 5 heteroatoms. The van der Waals surface area contributed by atoms with E-state index in [0.717, 1.165) is 24.0 Å². The van der Waals surface area contributed by atoms with Crippen LogP contribution < -0.4 is 15.4 Å². The molecule has 4 nitrogen and oxygen atoms in total. The minimum absolute atomic E-state index is 0.0977. The van der Waals surface area contributed by atoms with Crippen LogP contribution in [-0.4, -0.2) is 26.0 Å². The summed E-state index contributed by atoms with van der Waals surface area (Å²) in [4.78, 5) is 14.9. The molecule has 2 rings (SSSR count). The minimum Gasteiger partial charge on any atom is -0.492 e. The average Bonchev–Trinajstić information content (AvgIpc) is 2.83. The van der Waals surface area contributed by atoms with Gasteiger partial charge in [-0.2, -0.15) is 0 Å². The fourth-order valence-electron chi connectivity index (χ4n) is 2.73. The van der Waals surface area contributed by atoms with E-state index in [1.54, 1.807) is 7.11 Å². The Bertz CT molecular complexity index is 476. The van der Waals surface area contributed by atoms with Gasteiger partial charge in [0.25, 0.3) is 0 Å². The van der Waals surface area contributed by atoms with Crippen LogP contribution in [0, 0.1) is 5.92 Å². The standard InChI is InChI=1S/C15H24N2O2S/c1-4-10-6-8-17(9-7-10)15-13(19-3)12(16)14(20-15)11(18)5-2/h10H,4-9,16H2,1-3H3. The molecule has 2 N–H and O–H groups in total. The normalized spacial score (nSPS) is 16.4. The summed E-state index contributed by atoms with van der Waals surface area (Å²) in [5.74, 6) is 1.61. The third-order valence-electron chi connectivity index (χ3n) is 4.14. The highest BCUT2D eigenvalue weighted by atomic mass is 32.1. The van der Waals surface area contributed by atoms with Crippen molar-refractivity contribution in [1.29, 1.82) is 0 Å². The molecular weight excluding hydrogens is 272 g/mol. The molecule has 0 saturated carbocycles. The smallest absolute Gasteiger partial charge is 0.177 e. The Morgan fingerprint density at radius 2 is 2.05 bits per heavy atom. The quantitative estimate of drug-likeness (QED) is 0.844. The first-order chi connectivity index (χ1) is 9.62. The number of nitrogen functional groups attached to an aromatic ring is 1. The minimum atomic E-state index is 0.0977. The van der Waals surface area contributed by atoms with Gasteiger partial charge in [0.05, 0.1) is 17.7 Å². The van der Waals surface area contributed by atoms with Gasteiger partial charge in [-0.1, -0.05) is 20.3 Å². The second kappa shape index (κ2) is 6.48. The highest BCUT2D eigenvalue weighted by Crippen LogP contribution is 2.46. The van der Waals surface area contributed by atoms with Crippen LogP contribution >= 0.6 is 11.3 Å². The van der Waals surface area contributed by atoms with Gasteiger partial charge in [0, 0.05) is 19.5 Å². The number of carbonyl (C=O) groups excluding carboxylic acids is 1. The second-order valence-electron chi connectivity index (χ2n) is 5.30. The molecule has 112 valence electrons. The molecule has 1 saturated heterocycles. The number of hydrogen-bond donors (Lipinski definition) is 1. The number of nitrogens with two attached hydrogens (primary N) is 1. The molecule has 0 aliphatic carbocycles. The highest BCUT2D eigenvalue weighted by molar-refractivity contribution is 7.19. The topological polar surface area (TPSA) is 55.6 Å². The molecule has 0 unspecified atom stereocenters. The van der Waals surface area contributed by atoms with Crippen molar-refractivity contribution in [1.82, 2.24) is 0 Å². The van der Waals surface area contributed by atoms with E-state index in [-0.39, 0.29) is 5.78 Å². The third kappa shape index (κ3) is 2.77. The molecular formula is C15H24N2O2S. The molecule has 0 amide bonds. The molecule has 1 aromatic rings. The number of methoxy groups -OCH3 is 1. The van der Waals surface area contributed by atoms with E-state index < -0.39 is 0 Å². The van der Waals surface area contributed by atoms with Crippen molar-refractivity contribution in [3.8, 4) is 5.75 Å². The number of rotatable bonds is 5. The fraction of sp³-hybridized carbons (Fsp3) is 0.667. The molecule has 2 heterocycles. The lowest BCUT2D eigenvalue weighted by molar-refractivity contribution is 0.0992. The summed E-state index contributed by atoms with van der Waals surface area (Å²) >= 11 is 1.49. The lowest BCUT2D eigenvalue weighted by Crippen LogP contribution is -2.33. The Morgan fingerprint density at radius 3 is 2.55 bits per heavy atom. The van der Waals surface area contributed by atoms with E-state index in [0.29, 0.717) is 22.7 Å². The van der Waals surface area contributed by atoms with Gasteiger partial charge in [0.2, 0.25) is 0 Å². The molecule has 20 heavy (non-hydrogen) atoms. The first kappa shape index (κ1) is 15.2. The number of carbonyl (C=O) groups is 1. The summed E-state index contributed by atoms with van der Waals surface area (Å²) in [5.41, 5.74) is 6.60. The van der Waals surface area contributed by atoms with Crippen LogP contribution in [0.3, 0.4) is 0 Å². The molecule has 1 aliphatic heterocycles. The third-order valence-corrected chi connectivity index (χ3v) is 5.43. The molecule has 1 aliphatic rings. The van der Waals surface area contributed by atoms with Gasteiger partial charge in [0.15, 0.2) is 11.5 Å². The van der Waals surface area contributed by atoms with Gasteiger partial charge in [-0.3, -0.25) is 4.79 Å². The maximum atomic E-state index is 12.0. The Kier molecular flexibility index (Phi) is 4.91. The molecule has 1 fully saturated rings. The van der Waals surface area contributed by atoms with Crippen LogP contribution in [0.2, 0.25) is 0 Å². The van der Waals surface area contributed by atoms with Crippen LogP contribution in [-0.2, 0) is 0 Å². The molecule has 1 aromatic heterocycles. The molecule has 0 radical (unpaired) electrons. The zero-order chi connectivity index (χ0) is 14.7. The number of ether oxygens (including phenoxy) is 1. The predicted molar refractivity (Wildman–Crippen MR) is 85.1 cm³/mol. The first-order valence-electron chi connectivity index (χ1n) is 7.36. The summed E-state index contributed by atoms with van der Waals surface area (Å²) in [6, 6.07) is 0. The van der Waals surface area contributed by atoms with Crippen molar-refractivity contribution >= 4 is 27.8 Å². The van der Waals surface area contributed by atoms with Gasteiger partial charge in [0.1, 0.15) is 5.00 Å². The van der Waals surface area contributed by atoms with Crippen molar-refractivity contribution in [3.63, 3.8) is 0 Å². The largest absolute Gasteiger partial charge is 0.492 e. The Balaban J connectivity index is 2.25. The van der Waals surface area contributed by atoms with Crippen molar-refractivity contribution in [2.75, 3.05) is 30.8 Å². The summed E-state index contributed by atoms with van der Waals surface area (Å²) < 4.78 is 5.45. The first-order valence-corrected chi connectivity index (χ1v) is 8.18. The summed E-state index contributed by atoms with van der Waals surface area (Å²) in [7, 11) is 1.63. The SMILES string of the molecule is CCC(=O)c1sc(N2CCC(CC)CC2)c(OC)c1N. The van der Waals surface area contributed by atoms with Crippen LogP contribution in [0.1, 0.15) is 49.2 Å². The maximum Gasteiger partial charge on any atom is 0.177 e. The number of nitrogens with zero attached hydrogens (tertiary/aromatic N) is 1. The Labute approximate surface area is 124 Å². The fourth-order valence-corrected chi connectivity index (χ4v) is 3.99. The van der Waals surface area contributed by atoms with E-state index >= 15 is 0 Å². The number of ketones is 1. The summed E-state index contributed by atoms with van der Waals surface area (Å²) in [6.07, 6.45) is 4.13. The average molecular weight is 296 g/mol. The van der Waals surface area contributed by atoms with Crippen molar-refractivity contribution in [3.05, 3.63) is 4.88 Å². The number of anilines is 2. The highest BCUT2D eigenvalue weighted by Gasteiger charge is 2.27. The van der Waals surface area contributed by atoms with E-state index in [9.17, 15) is 4.79 Å². The van der Waals surface area contributed by atoms with Crippen molar-refractivity contribution < 1.29 is 9.53 Å². The zero-order valence-corrected chi connectivity index (χ0v) is 13.4. The summed E-state index contributed by atoms with van der Waals surface area (Å²) in [5, 5.41) is 1.02. The molecule has 0 spiro atoms. The van der Waals surface area contributed by atoms with Gasteiger partial charge < -0.3 is 15.4 Å². The van der Waals surface area contributed by atoms with Gasteiger partial charge in [-0.15, -0.1) is 11.3 Å². The van der Waals surface area contributed by atoms with E-state index in [1.807, 2.05) is 6.92 Å². The monoisotopic (exact) mass is 296 g/mol. The van der Waals surface area contributed by atoms with E-state index in [1.165, 1.54) is 30.6 Å². The molecule has 0 atom stereocenters. The van der Waals surface area contributed by atoms with Crippen molar-refractivity contribution in [2.45, 2.75) is 39.5 Å². The predicted octanol–water partition coefficient (Wildman–Crippen LogP) is 3.56. The Morgan fingerprint density at radius 1 is 1.40 bits per heavy atom. The second-order valence-corrected chi connectivity index (χ2v) is 6.30.